The molecule has 1 unspecified atom stereocenters. The number of aryl methyl sites for hydroxylation is 2. The molecule has 5 heteroatoms. The summed E-state index contributed by atoms with van der Waals surface area (Å²) in [6, 6.07) is 0. The third kappa shape index (κ3) is 3.66. The molecule has 90 valence electrons. The summed E-state index contributed by atoms with van der Waals surface area (Å²) in [5.41, 5.74) is 1.65. The smallest absolute Gasteiger partial charge is 0.224 e. The average molecular weight is 225 g/mol. The van der Waals surface area contributed by atoms with Gasteiger partial charge in [0.15, 0.2) is 0 Å². The molecule has 1 aromatic rings. The number of hydrogen-bond donors (Lipinski definition) is 2. The predicted molar refractivity (Wildman–Crippen MR) is 62.1 cm³/mol. The van der Waals surface area contributed by atoms with Gasteiger partial charge in [-0.05, 0) is 19.8 Å². The standard InChI is InChI=1S/C11H19N3O2/c1-4-9-10(7-14(3)13-9)12-11(16)6-5-8(2)15/h7-8,15H,4-6H2,1-3H3,(H,12,16). The molecular formula is C11H19N3O2. The van der Waals surface area contributed by atoms with E-state index in [0.29, 0.717) is 12.8 Å². The molecule has 5 nitrogen and oxygen atoms in total. The first-order valence-electron chi connectivity index (χ1n) is 5.53. The molecule has 1 atom stereocenters. The fraction of sp³-hybridized carbons (Fsp3) is 0.636. The Bertz CT molecular complexity index is 358. The maximum absolute atomic E-state index is 11.5. The second-order valence-electron chi connectivity index (χ2n) is 3.95. The van der Waals surface area contributed by atoms with E-state index in [4.69, 9.17) is 5.11 Å². The van der Waals surface area contributed by atoms with Crippen LogP contribution in [0.4, 0.5) is 5.69 Å². The summed E-state index contributed by atoms with van der Waals surface area (Å²) in [7, 11) is 1.82. The van der Waals surface area contributed by atoms with Crippen LogP contribution in [0.2, 0.25) is 0 Å². The van der Waals surface area contributed by atoms with E-state index in [1.54, 1.807) is 17.8 Å². The minimum Gasteiger partial charge on any atom is -0.393 e. The Morgan fingerprint density at radius 3 is 2.94 bits per heavy atom. The molecule has 1 amide bonds. The molecular weight excluding hydrogens is 206 g/mol. The van der Waals surface area contributed by atoms with Gasteiger partial charge in [-0.2, -0.15) is 5.10 Å². The van der Waals surface area contributed by atoms with Crippen molar-refractivity contribution in [2.45, 2.75) is 39.2 Å². The minimum atomic E-state index is -0.440. The van der Waals surface area contributed by atoms with Gasteiger partial charge in [-0.15, -0.1) is 0 Å². The molecule has 1 rings (SSSR count). The molecule has 0 aliphatic rings. The van der Waals surface area contributed by atoms with Crippen molar-refractivity contribution in [2.24, 2.45) is 7.05 Å². The van der Waals surface area contributed by atoms with Crippen molar-refractivity contribution in [1.82, 2.24) is 9.78 Å². The fourth-order valence-electron chi connectivity index (χ4n) is 1.45. The molecule has 0 spiro atoms. The third-order valence-corrected chi connectivity index (χ3v) is 2.30. The van der Waals surface area contributed by atoms with Crippen LogP contribution in [0, 0.1) is 0 Å². The first-order chi connectivity index (χ1) is 7.52. The molecule has 1 heterocycles. The number of aliphatic hydroxyl groups is 1. The third-order valence-electron chi connectivity index (χ3n) is 2.30. The predicted octanol–water partition coefficient (Wildman–Crippen LogP) is 1.08. The lowest BCUT2D eigenvalue weighted by Gasteiger charge is -2.05. The lowest BCUT2D eigenvalue weighted by molar-refractivity contribution is -0.116. The summed E-state index contributed by atoms with van der Waals surface area (Å²) in [5.74, 6) is -0.0800. The second-order valence-corrected chi connectivity index (χ2v) is 3.95. The molecule has 0 bridgehead atoms. The largest absolute Gasteiger partial charge is 0.393 e. The molecule has 0 saturated heterocycles. The van der Waals surface area contributed by atoms with Crippen molar-refractivity contribution in [3.8, 4) is 0 Å². The SMILES string of the molecule is CCc1nn(C)cc1NC(=O)CCC(C)O. The van der Waals surface area contributed by atoms with E-state index >= 15 is 0 Å². The Kier molecular flexibility index (Phi) is 4.49. The number of aliphatic hydroxyl groups excluding tert-OH is 1. The van der Waals surface area contributed by atoms with Crippen LogP contribution >= 0.6 is 0 Å². The number of carbonyl (C=O) groups excluding carboxylic acids is 1. The highest BCUT2D eigenvalue weighted by molar-refractivity contribution is 5.91. The molecule has 0 radical (unpaired) electrons. The minimum absolute atomic E-state index is 0.0800. The number of carbonyl (C=O) groups is 1. The molecule has 16 heavy (non-hydrogen) atoms. The van der Waals surface area contributed by atoms with Crippen LogP contribution in [0.15, 0.2) is 6.20 Å². The lowest BCUT2D eigenvalue weighted by Crippen LogP contribution is -2.14. The highest BCUT2D eigenvalue weighted by atomic mass is 16.3. The summed E-state index contributed by atoms with van der Waals surface area (Å²) in [5, 5.41) is 16.1. The molecule has 0 aliphatic carbocycles. The molecule has 0 aromatic carbocycles. The van der Waals surface area contributed by atoms with Crippen LogP contribution in [-0.4, -0.2) is 26.9 Å². The van der Waals surface area contributed by atoms with Crippen molar-refractivity contribution in [3.63, 3.8) is 0 Å². The highest BCUT2D eigenvalue weighted by Crippen LogP contribution is 2.14. The van der Waals surface area contributed by atoms with Gasteiger partial charge in [0.25, 0.3) is 0 Å². The first kappa shape index (κ1) is 12.7. The topological polar surface area (TPSA) is 67.2 Å². The number of anilines is 1. The van der Waals surface area contributed by atoms with E-state index in [9.17, 15) is 4.79 Å². The van der Waals surface area contributed by atoms with Gasteiger partial charge in [0.05, 0.1) is 17.5 Å². The van der Waals surface area contributed by atoms with Crippen LogP contribution in [0.25, 0.3) is 0 Å². The number of rotatable bonds is 5. The Morgan fingerprint density at radius 2 is 2.38 bits per heavy atom. The van der Waals surface area contributed by atoms with Crippen LogP contribution in [-0.2, 0) is 18.3 Å². The zero-order valence-electron chi connectivity index (χ0n) is 10.0. The number of aromatic nitrogens is 2. The van der Waals surface area contributed by atoms with E-state index in [0.717, 1.165) is 17.8 Å². The maximum atomic E-state index is 11.5. The van der Waals surface area contributed by atoms with E-state index < -0.39 is 6.10 Å². The van der Waals surface area contributed by atoms with Gasteiger partial charge in [-0.1, -0.05) is 6.92 Å². The van der Waals surface area contributed by atoms with Crippen molar-refractivity contribution in [3.05, 3.63) is 11.9 Å². The van der Waals surface area contributed by atoms with E-state index in [2.05, 4.69) is 10.4 Å². The van der Waals surface area contributed by atoms with Crippen molar-refractivity contribution < 1.29 is 9.90 Å². The van der Waals surface area contributed by atoms with Gasteiger partial charge in [-0.3, -0.25) is 9.48 Å². The summed E-state index contributed by atoms with van der Waals surface area (Å²) in [4.78, 5) is 11.5. The van der Waals surface area contributed by atoms with Crippen LogP contribution in [0.1, 0.15) is 32.4 Å². The number of hydrogen-bond acceptors (Lipinski definition) is 3. The first-order valence-corrected chi connectivity index (χ1v) is 5.53. The second kappa shape index (κ2) is 5.65. The normalized spacial score (nSPS) is 12.5. The lowest BCUT2D eigenvalue weighted by atomic mass is 10.2. The Labute approximate surface area is 95.5 Å². The zero-order chi connectivity index (χ0) is 12.1. The zero-order valence-corrected chi connectivity index (χ0v) is 10.0. The van der Waals surface area contributed by atoms with Crippen molar-refractivity contribution in [2.75, 3.05) is 5.32 Å². The van der Waals surface area contributed by atoms with Crippen LogP contribution in [0.5, 0.6) is 0 Å². The molecule has 2 N–H and O–H groups in total. The van der Waals surface area contributed by atoms with E-state index in [-0.39, 0.29) is 5.91 Å². The van der Waals surface area contributed by atoms with Crippen LogP contribution in [0.3, 0.4) is 0 Å². The Morgan fingerprint density at radius 1 is 1.69 bits per heavy atom. The van der Waals surface area contributed by atoms with Gasteiger partial charge in [0.2, 0.25) is 5.91 Å². The van der Waals surface area contributed by atoms with Gasteiger partial charge in [0.1, 0.15) is 0 Å². The van der Waals surface area contributed by atoms with E-state index in [1.807, 2.05) is 14.0 Å². The molecule has 1 aromatic heterocycles. The Balaban J connectivity index is 2.55. The van der Waals surface area contributed by atoms with Gasteiger partial charge >= 0.3 is 0 Å². The van der Waals surface area contributed by atoms with Gasteiger partial charge in [-0.25, -0.2) is 0 Å². The Hall–Kier alpha value is -1.36. The monoisotopic (exact) mass is 225 g/mol. The van der Waals surface area contributed by atoms with Crippen molar-refractivity contribution >= 4 is 11.6 Å². The van der Waals surface area contributed by atoms with Crippen molar-refractivity contribution in [1.29, 1.82) is 0 Å². The number of nitrogens with one attached hydrogen (secondary N) is 1. The summed E-state index contributed by atoms with van der Waals surface area (Å²) < 4.78 is 1.68. The van der Waals surface area contributed by atoms with Crippen LogP contribution < -0.4 is 5.32 Å². The van der Waals surface area contributed by atoms with Gasteiger partial charge in [0, 0.05) is 19.7 Å². The summed E-state index contributed by atoms with van der Waals surface area (Å²) in [6.45, 7) is 3.67. The van der Waals surface area contributed by atoms with E-state index in [1.165, 1.54) is 0 Å². The number of amides is 1. The summed E-state index contributed by atoms with van der Waals surface area (Å²) in [6.07, 6.45) is 2.94. The molecule has 0 saturated carbocycles. The maximum Gasteiger partial charge on any atom is 0.224 e. The average Bonchev–Trinajstić information content (AvgIpc) is 2.55. The summed E-state index contributed by atoms with van der Waals surface area (Å²) >= 11 is 0. The van der Waals surface area contributed by atoms with Gasteiger partial charge < -0.3 is 10.4 Å². The molecule has 0 fully saturated rings. The number of nitrogens with zero attached hydrogens (tertiary/aromatic N) is 2. The molecule has 0 aliphatic heterocycles. The highest BCUT2D eigenvalue weighted by Gasteiger charge is 2.10. The fourth-order valence-corrected chi connectivity index (χ4v) is 1.45. The quantitative estimate of drug-likeness (QED) is 0.788.